The molecule has 28 heavy (non-hydrogen) atoms. The van der Waals surface area contributed by atoms with Crippen LogP contribution in [0.5, 0.6) is 11.5 Å². The standard InChI is InChI=1S/C20H26N2O6/c1-4-28-20(25)13-6-5-9-21(12-13)16-11-18(23)22(19(16)24)15-10-14(26-2)7-8-17(15)27-3/h7-8,10,13,16H,4-6,9,11-12H2,1-3H3. The second-order valence-electron chi connectivity index (χ2n) is 6.91. The van der Waals surface area contributed by atoms with Gasteiger partial charge >= 0.3 is 5.97 Å². The molecule has 1 aromatic rings. The van der Waals surface area contributed by atoms with E-state index in [4.69, 9.17) is 14.2 Å². The zero-order valence-electron chi connectivity index (χ0n) is 16.5. The van der Waals surface area contributed by atoms with Crippen LogP contribution >= 0.6 is 0 Å². The molecular formula is C20H26N2O6. The molecule has 2 atom stereocenters. The lowest BCUT2D eigenvalue weighted by molar-refractivity contribution is -0.150. The Bertz CT molecular complexity index is 765. The van der Waals surface area contributed by atoms with E-state index in [0.717, 1.165) is 12.8 Å². The van der Waals surface area contributed by atoms with Crippen LogP contribution in [0.3, 0.4) is 0 Å². The maximum atomic E-state index is 13.1. The number of methoxy groups -OCH3 is 2. The molecular weight excluding hydrogens is 364 g/mol. The van der Waals surface area contributed by atoms with Crippen LogP contribution in [0.2, 0.25) is 0 Å². The summed E-state index contributed by atoms with van der Waals surface area (Å²) in [5.41, 5.74) is 0.373. The van der Waals surface area contributed by atoms with E-state index < -0.39 is 6.04 Å². The number of rotatable bonds is 6. The molecule has 8 nitrogen and oxygen atoms in total. The van der Waals surface area contributed by atoms with Crippen LogP contribution in [0.4, 0.5) is 5.69 Å². The van der Waals surface area contributed by atoms with Gasteiger partial charge in [-0.25, -0.2) is 4.90 Å². The molecule has 0 radical (unpaired) electrons. The minimum atomic E-state index is -0.583. The van der Waals surface area contributed by atoms with E-state index in [1.165, 1.54) is 19.1 Å². The first-order chi connectivity index (χ1) is 13.5. The summed E-state index contributed by atoms with van der Waals surface area (Å²) in [6, 6.07) is 4.41. The molecule has 0 saturated carbocycles. The van der Waals surface area contributed by atoms with Crippen LogP contribution in [0.25, 0.3) is 0 Å². The normalized spacial score (nSPS) is 23.0. The van der Waals surface area contributed by atoms with E-state index in [1.54, 1.807) is 25.1 Å². The van der Waals surface area contributed by atoms with Crippen molar-refractivity contribution in [1.82, 2.24) is 4.90 Å². The highest BCUT2D eigenvalue weighted by molar-refractivity contribution is 6.23. The number of piperidine rings is 1. The second kappa shape index (κ2) is 8.60. The Morgan fingerprint density at radius 1 is 1.21 bits per heavy atom. The van der Waals surface area contributed by atoms with Gasteiger partial charge in [0.15, 0.2) is 0 Å². The summed E-state index contributed by atoms with van der Waals surface area (Å²) >= 11 is 0. The number of hydrogen-bond acceptors (Lipinski definition) is 7. The number of esters is 1. The number of hydrogen-bond donors (Lipinski definition) is 0. The van der Waals surface area contributed by atoms with E-state index in [2.05, 4.69) is 0 Å². The lowest BCUT2D eigenvalue weighted by atomic mass is 9.96. The van der Waals surface area contributed by atoms with Crippen molar-refractivity contribution in [1.29, 1.82) is 0 Å². The van der Waals surface area contributed by atoms with Crippen molar-refractivity contribution in [3.63, 3.8) is 0 Å². The lowest BCUT2D eigenvalue weighted by Crippen LogP contribution is -2.48. The van der Waals surface area contributed by atoms with Crippen LogP contribution in [0, 0.1) is 5.92 Å². The summed E-state index contributed by atoms with van der Waals surface area (Å²) in [4.78, 5) is 41.0. The van der Waals surface area contributed by atoms with Crippen molar-refractivity contribution in [2.75, 3.05) is 38.8 Å². The largest absolute Gasteiger partial charge is 0.497 e. The molecule has 0 aliphatic carbocycles. The molecule has 2 saturated heterocycles. The average Bonchev–Trinajstić information content (AvgIpc) is 3.01. The Labute approximate surface area is 164 Å². The smallest absolute Gasteiger partial charge is 0.310 e. The number of carbonyl (C=O) groups excluding carboxylic acids is 3. The van der Waals surface area contributed by atoms with Gasteiger partial charge in [-0.05, 0) is 38.4 Å². The first kappa shape index (κ1) is 20.1. The highest BCUT2D eigenvalue weighted by atomic mass is 16.5. The van der Waals surface area contributed by atoms with E-state index in [0.29, 0.717) is 36.9 Å². The quantitative estimate of drug-likeness (QED) is 0.539. The number of carbonyl (C=O) groups is 3. The Kier molecular flexibility index (Phi) is 6.18. The van der Waals surface area contributed by atoms with Crippen molar-refractivity contribution in [3.8, 4) is 11.5 Å². The fourth-order valence-electron chi connectivity index (χ4n) is 3.87. The minimum absolute atomic E-state index is 0.0781. The third-order valence-corrected chi connectivity index (χ3v) is 5.26. The predicted molar refractivity (Wildman–Crippen MR) is 101 cm³/mol. The predicted octanol–water partition coefficient (Wildman–Crippen LogP) is 1.61. The lowest BCUT2D eigenvalue weighted by Gasteiger charge is -2.34. The Hall–Kier alpha value is -2.61. The van der Waals surface area contributed by atoms with Gasteiger partial charge in [-0.3, -0.25) is 19.3 Å². The first-order valence-corrected chi connectivity index (χ1v) is 9.49. The van der Waals surface area contributed by atoms with Crippen LogP contribution in [0.15, 0.2) is 18.2 Å². The van der Waals surface area contributed by atoms with Gasteiger partial charge in [0.2, 0.25) is 5.91 Å². The van der Waals surface area contributed by atoms with E-state index >= 15 is 0 Å². The number of nitrogens with zero attached hydrogens (tertiary/aromatic N) is 2. The van der Waals surface area contributed by atoms with Crippen molar-refractivity contribution in [2.45, 2.75) is 32.2 Å². The van der Waals surface area contributed by atoms with Crippen LogP contribution in [0.1, 0.15) is 26.2 Å². The number of benzene rings is 1. The minimum Gasteiger partial charge on any atom is -0.497 e. The van der Waals surface area contributed by atoms with Gasteiger partial charge in [0.05, 0.1) is 44.9 Å². The van der Waals surface area contributed by atoms with Gasteiger partial charge < -0.3 is 14.2 Å². The molecule has 2 aliphatic heterocycles. The molecule has 2 aliphatic rings. The first-order valence-electron chi connectivity index (χ1n) is 9.49. The zero-order valence-corrected chi connectivity index (χ0v) is 16.5. The zero-order chi connectivity index (χ0) is 20.3. The van der Waals surface area contributed by atoms with Crippen molar-refractivity contribution in [3.05, 3.63) is 18.2 Å². The van der Waals surface area contributed by atoms with Crippen molar-refractivity contribution < 1.29 is 28.6 Å². The molecule has 2 amide bonds. The van der Waals surface area contributed by atoms with Gasteiger partial charge in [0, 0.05) is 12.6 Å². The van der Waals surface area contributed by atoms with E-state index in [9.17, 15) is 14.4 Å². The van der Waals surface area contributed by atoms with Crippen molar-refractivity contribution >= 4 is 23.5 Å². The molecule has 3 rings (SSSR count). The summed E-state index contributed by atoms with van der Waals surface area (Å²) in [6.45, 7) is 3.20. The van der Waals surface area contributed by atoms with E-state index in [-0.39, 0.29) is 30.1 Å². The number of imide groups is 1. The molecule has 8 heteroatoms. The SMILES string of the molecule is CCOC(=O)C1CCCN(C2CC(=O)N(c3cc(OC)ccc3OC)C2=O)C1. The maximum Gasteiger partial charge on any atom is 0.310 e. The summed E-state index contributed by atoms with van der Waals surface area (Å²) in [6.07, 6.45) is 1.59. The molecule has 2 unspecified atom stereocenters. The highest BCUT2D eigenvalue weighted by Gasteiger charge is 2.45. The molecule has 0 N–H and O–H groups in total. The number of anilines is 1. The summed E-state index contributed by atoms with van der Waals surface area (Å²) < 4.78 is 15.7. The molecule has 0 aromatic heterocycles. The molecule has 0 bridgehead atoms. The summed E-state index contributed by atoms with van der Waals surface area (Å²) in [5.74, 6) is -0.153. The van der Waals surface area contributed by atoms with Gasteiger partial charge in [-0.2, -0.15) is 0 Å². The summed E-state index contributed by atoms with van der Waals surface area (Å²) in [5, 5.41) is 0. The third-order valence-electron chi connectivity index (χ3n) is 5.26. The number of likely N-dealkylation sites (tertiary alicyclic amines) is 1. The van der Waals surface area contributed by atoms with Gasteiger partial charge in [0.25, 0.3) is 5.91 Å². The second-order valence-corrected chi connectivity index (χ2v) is 6.91. The van der Waals surface area contributed by atoms with E-state index in [1.807, 2.05) is 4.90 Å². The van der Waals surface area contributed by atoms with Crippen LogP contribution in [-0.4, -0.2) is 62.6 Å². The Morgan fingerprint density at radius 2 is 2.00 bits per heavy atom. The fourth-order valence-corrected chi connectivity index (χ4v) is 3.87. The monoisotopic (exact) mass is 390 g/mol. The topological polar surface area (TPSA) is 85.4 Å². The number of amides is 2. The highest BCUT2D eigenvalue weighted by Crippen LogP contribution is 2.36. The van der Waals surface area contributed by atoms with Gasteiger partial charge in [0.1, 0.15) is 11.5 Å². The average molecular weight is 390 g/mol. The Morgan fingerprint density at radius 3 is 2.68 bits per heavy atom. The fraction of sp³-hybridized carbons (Fsp3) is 0.550. The molecule has 2 fully saturated rings. The summed E-state index contributed by atoms with van der Waals surface area (Å²) in [7, 11) is 3.01. The number of ether oxygens (including phenoxy) is 3. The third kappa shape index (κ3) is 3.82. The van der Waals surface area contributed by atoms with Crippen molar-refractivity contribution in [2.24, 2.45) is 5.92 Å². The molecule has 152 valence electrons. The maximum absolute atomic E-state index is 13.1. The molecule has 0 spiro atoms. The van der Waals surface area contributed by atoms with Crippen LogP contribution < -0.4 is 14.4 Å². The van der Waals surface area contributed by atoms with Crippen LogP contribution in [-0.2, 0) is 19.1 Å². The molecule has 2 heterocycles. The molecule has 1 aromatic carbocycles. The Balaban J connectivity index is 1.81. The van der Waals surface area contributed by atoms with Gasteiger partial charge in [-0.1, -0.05) is 0 Å². The van der Waals surface area contributed by atoms with Gasteiger partial charge in [-0.15, -0.1) is 0 Å².